The molecule has 0 aliphatic heterocycles. The largest absolute Gasteiger partial charge is 0.376 e. The minimum Gasteiger partial charge on any atom is -0.376 e. The topological polar surface area (TPSA) is 44.5 Å². The molecule has 0 radical (unpaired) electrons. The van der Waals surface area contributed by atoms with E-state index in [-0.39, 0.29) is 6.10 Å². The van der Waals surface area contributed by atoms with Crippen molar-refractivity contribution in [2.24, 2.45) is 5.73 Å². The first kappa shape index (κ1) is 11.6. The highest BCUT2D eigenvalue weighted by atomic mass is 16.5. The standard InChI is InChI=1S/C9H19NO2/c1-9(2)12-8-7-11-6-4-3-5-10/h3-4,9H,5-8,10H2,1-2H3. The molecule has 0 saturated heterocycles. The van der Waals surface area contributed by atoms with Crippen molar-refractivity contribution in [3.63, 3.8) is 0 Å². The molecular weight excluding hydrogens is 154 g/mol. The molecule has 0 aromatic heterocycles. The highest BCUT2D eigenvalue weighted by Crippen LogP contribution is 1.87. The van der Waals surface area contributed by atoms with Crippen molar-refractivity contribution in [1.82, 2.24) is 0 Å². The fourth-order valence-corrected chi connectivity index (χ4v) is 0.658. The Labute approximate surface area is 74.5 Å². The molecule has 0 atom stereocenters. The van der Waals surface area contributed by atoms with Crippen LogP contribution in [0.2, 0.25) is 0 Å². The molecule has 3 heteroatoms. The normalized spacial score (nSPS) is 11.7. The van der Waals surface area contributed by atoms with Crippen molar-refractivity contribution in [1.29, 1.82) is 0 Å². The molecule has 0 aliphatic rings. The smallest absolute Gasteiger partial charge is 0.0704 e. The molecule has 0 amide bonds. The molecule has 0 aliphatic carbocycles. The minimum absolute atomic E-state index is 0.285. The van der Waals surface area contributed by atoms with Crippen LogP contribution in [-0.4, -0.2) is 32.5 Å². The lowest BCUT2D eigenvalue weighted by atomic mass is 10.5. The molecule has 12 heavy (non-hydrogen) atoms. The van der Waals surface area contributed by atoms with Gasteiger partial charge in [0.05, 0.1) is 25.9 Å². The number of ether oxygens (including phenoxy) is 2. The average Bonchev–Trinajstić information content (AvgIpc) is 2.02. The molecular formula is C9H19NO2. The highest BCUT2D eigenvalue weighted by molar-refractivity contribution is 4.81. The van der Waals surface area contributed by atoms with Gasteiger partial charge in [-0.15, -0.1) is 0 Å². The predicted molar refractivity (Wildman–Crippen MR) is 50.1 cm³/mol. The second-order valence-corrected chi connectivity index (χ2v) is 2.70. The summed E-state index contributed by atoms with van der Waals surface area (Å²) in [6.07, 6.45) is 4.08. The van der Waals surface area contributed by atoms with E-state index in [9.17, 15) is 0 Å². The van der Waals surface area contributed by atoms with Crippen molar-refractivity contribution in [2.45, 2.75) is 20.0 Å². The summed E-state index contributed by atoms with van der Waals surface area (Å²) in [4.78, 5) is 0. The maximum Gasteiger partial charge on any atom is 0.0704 e. The molecule has 0 aromatic carbocycles. The lowest BCUT2D eigenvalue weighted by Gasteiger charge is -2.06. The number of rotatable bonds is 7. The van der Waals surface area contributed by atoms with Crippen molar-refractivity contribution >= 4 is 0 Å². The Morgan fingerprint density at radius 3 is 2.58 bits per heavy atom. The molecule has 0 spiro atoms. The molecule has 3 nitrogen and oxygen atoms in total. The maximum absolute atomic E-state index is 5.27. The van der Waals surface area contributed by atoms with Crippen LogP contribution in [0.5, 0.6) is 0 Å². The molecule has 0 unspecified atom stereocenters. The molecule has 0 fully saturated rings. The van der Waals surface area contributed by atoms with E-state index < -0.39 is 0 Å². The van der Waals surface area contributed by atoms with Gasteiger partial charge in [0.2, 0.25) is 0 Å². The zero-order valence-corrected chi connectivity index (χ0v) is 7.95. The third kappa shape index (κ3) is 9.62. The number of hydrogen-bond acceptors (Lipinski definition) is 3. The minimum atomic E-state index is 0.285. The Hall–Kier alpha value is -0.380. The van der Waals surface area contributed by atoms with E-state index in [1.165, 1.54) is 0 Å². The van der Waals surface area contributed by atoms with Gasteiger partial charge in [0.15, 0.2) is 0 Å². The molecule has 0 heterocycles. The Bertz CT molecular complexity index is 113. The van der Waals surface area contributed by atoms with Crippen molar-refractivity contribution < 1.29 is 9.47 Å². The van der Waals surface area contributed by atoms with E-state index >= 15 is 0 Å². The first-order chi connectivity index (χ1) is 5.77. The van der Waals surface area contributed by atoms with Crippen LogP contribution >= 0.6 is 0 Å². The van der Waals surface area contributed by atoms with E-state index in [2.05, 4.69) is 0 Å². The summed E-state index contributed by atoms with van der Waals surface area (Å²) in [6.45, 7) is 6.52. The monoisotopic (exact) mass is 173 g/mol. The van der Waals surface area contributed by atoms with Crippen molar-refractivity contribution in [2.75, 3.05) is 26.4 Å². The molecule has 0 aromatic rings. The number of hydrogen-bond donors (Lipinski definition) is 1. The third-order valence-electron chi connectivity index (χ3n) is 1.20. The first-order valence-electron chi connectivity index (χ1n) is 4.31. The summed E-state index contributed by atoms with van der Waals surface area (Å²) in [5.74, 6) is 0. The van der Waals surface area contributed by atoms with Crippen LogP contribution in [0.25, 0.3) is 0 Å². The maximum atomic E-state index is 5.27. The molecule has 0 bridgehead atoms. The highest BCUT2D eigenvalue weighted by Gasteiger charge is 1.91. The Balaban J connectivity index is 2.96. The Morgan fingerprint density at radius 2 is 2.00 bits per heavy atom. The lowest BCUT2D eigenvalue weighted by molar-refractivity contribution is 0.0268. The van der Waals surface area contributed by atoms with E-state index in [4.69, 9.17) is 15.2 Å². The fourth-order valence-electron chi connectivity index (χ4n) is 0.658. The van der Waals surface area contributed by atoms with Crippen LogP contribution in [0.1, 0.15) is 13.8 Å². The van der Waals surface area contributed by atoms with Crippen LogP contribution in [0.15, 0.2) is 12.2 Å². The van der Waals surface area contributed by atoms with Gasteiger partial charge >= 0.3 is 0 Å². The van der Waals surface area contributed by atoms with Gasteiger partial charge in [-0.25, -0.2) is 0 Å². The molecule has 2 N–H and O–H groups in total. The van der Waals surface area contributed by atoms with Gasteiger partial charge in [0.1, 0.15) is 0 Å². The predicted octanol–water partition coefficient (Wildman–Crippen LogP) is 0.943. The Morgan fingerprint density at radius 1 is 1.25 bits per heavy atom. The third-order valence-corrected chi connectivity index (χ3v) is 1.20. The number of nitrogens with two attached hydrogens (primary N) is 1. The zero-order valence-electron chi connectivity index (χ0n) is 7.95. The summed E-state index contributed by atoms with van der Waals surface area (Å²) in [7, 11) is 0. The fraction of sp³-hybridized carbons (Fsp3) is 0.778. The Kier molecular flexibility index (Phi) is 8.44. The summed E-state index contributed by atoms with van der Waals surface area (Å²) >= 11 is 0. The van der Waals surface area contributed by atoms with Gasteiger partial charge in [-0.3, -0.25) is 0 Å². The quantitative estimate of drug-likeness (QED) is 0.460. The van der Waals surface area contributed by atoms with Crippen LogP contribution in [0, 0.1) is 0 Å². The lowest BCUT2D eigenvalue weighted by Crippen LogP contribution is -2.09. The SMILES string of the molecule is CC(C)OCCOCC=CCN. The van der Waals surface area contributed by atoms with Gasteiger partial charge < -0.3 is 15.2 Å². The van der Waals surface area contributed by atoms with E-state index in [0.717, 1.165) is 0 Å². The van der Waals surface area contributed by atoms with E-state index in [0.29, 0.717) is 26.4 Å². The molecule has 0 rings (SSSR count). The summed E-state index contributed by atoms with van der Waals surface area (Å²) in [6, 6.07) is 0. The average molecular weight is 173 g/mol. The van der Waals surface area contributed by atoms with Gasteiger partial charge in [0.25, 0.3) is 0 Å². The van der Waals surface area contributed by atoms with Gasteiger partial charge in [-0.2, -0.15) is 0 Å². The van der Waals surface area contributed by atoms with Gasteiger partial charge in [0, 0.05) is 6.54 Å². The van der Waals surface area contributed by atoms with Crippen LogP contribution in [-0.2, 0) is 9.47 Å². The molecule has 0 saturated carbocycles. The van der Waals surface area contributed by atoms with Crippen molar-refractivity contribution in [3.8, 4) is 0 Å². The van der Waals surface area contributed by atoms with E-state index in [1.807, 2.05) is 26.0 Å². The second-order valence-electron chi connectivity index (χ2n) is 2.70. The second kappa shape index (κ2) is 8.71. The first-order valence-corrected chi connectivity index (χ1v) is 4.31. The summed E-state index contributed by atoms with van der Waals surface area (Å²) < 4.78 is 10.5. The van der Waals surface area contributed by atoms with Gasteiger partial charge in [-0.05, 0) is 13.8 Å². The van der Waals surface area contributed by atoms with Crippen molar-refractivity contribution in [3.05, 3.63) is 12.2 Å². The van der Waals surface area contributed by atoms with Gasteiger partial charge in [-0.1, -0.05) is 12.2 Å². The van der Waals surface area contributed by atoms with E-state index in [1.54, 1.807) is 0 Å². The van der Waals surface area contributed by atoms with Crippen LogP contribution in [0.3, 0.4) is 0 Å². The van der Waals surface area contributed by atoms with Crippen LogP contribution in [0.4, 0.5) is 0 Å². The van der Waals surface area contributed by atoms with Crippen LogP contribution < -0.4 is 5.73 Å². The summed E-state index contributed by atoms with van der Waals surface area (Å²) in [5.41, 5.74) is 5.24. The zero-order chi connectivity index (χ0) is 9.23. The molecule has 72 valence electrons. The summed E-state index contributed by atoms with van der Waals surface area (Å²) in [5, 5.41) is 0.